The minimum atomic E-state index is 0.723. The molecular formula is C15H30N2. The number of rotatable bonds is 5. The summed E-state index contributed by atoms with van der Waals surface area (Å²) in [7, 11) is 0. The average Bonchev–Trinajstić information content (AvgIpc) is 2.26. The summed E-state index contributed by atoms with van der Waals surface area (Å²) in [6.45, 7) is 15.1. The van der Waals surface area contributed by atoms with Crippen LogP contribution in [0.15, 0.2) is 0 Å². The lowest BCUT2D eigenvalue weighted by Crippen LogP contribution is -2.60. The molecule has 0 aromatic heterocycles. The second kappa shape index (κ2) is 5.71. The van der Waals surface area contributed by atoms with Gasteiger partial charge in [-0.1, -0.05) is 20.8 Å². The molecule has 0 atom stereocenters. The largest absolute Gasteiger partial charge is 0.303 e. The first-order valence-corrected chi connectivity index (χ1v) is 7.58. The van der Waals surface area contributed by atoms with Crippen molar-refractivity contribution in [3.05, 3.63) is 0 Å². The second-order valence-corrected chi connectivity index (χ2v) is 6.73. The van der Waals surface area contributed by atoms with Crippen LogP contribution in [-0.4, -0.2) is 49.1 Å². The summed E-state index contributed by atoms with van der Waals surface area (Å²) < 4.78 is 0. The van der Waals surface area contributed by atoms with E-state index in [1.807, 2.05) is 0 Å². The van der Waals surface area contributed by atoms with Crippen molar-refractivity contribution in [1.29, 1.82) is 0 Å². The summed E-state index contributed by atoms with van der Waals surface area (Å²) in [5.74, 6) is 0.859. The van der Waals surface area contributed by atoms with Crippen molar-refractivity contribution in [3.63, 3.8) is 0 Å². The Bertz CT molecular complexity index is 221. The highest BCUT2D eigenvalue weighted by atomic mass is 15.2. The Morgan fingerprint density at radius 2 is 1.65 bits per heavy atom. The Labute approximate surface area is 107 Å². The van der Waals surface area contributed by atoms with E-state index in [1.54, 1.807) is 0 Å². The smallest absolute Gasteiger partial charge is 0.00514 e. The number of hydrogen-bond donors (Lipinski definition) is 0. The highest BCUT2D eigenvalue weighted by Gasteiger charge is 2.43. The van der Waals surface area contributed by atoms with Gasteiger partial charge in [0.1, 0.15) is 0 Å². The van der Waals surface area contributed by atoms with E-state index in [-0.39, 0.29) is 0 Å². The molecule has 2 fully saturated rings. The first-order valence-electron chi connectivity index (χ1n) is 7.58. The van der Waals surface area contributed by atoms with Crippen molar-refractivity contribution < 1.29 is 0 Å². The predicted molar refractivity (Wildman–Crippen MR) is 74.3 cm³/mol. The van der Waals surface area contributed by atoms with Crippen LogP contribution in [0, 0.1) is 11.3 Å². The van der Waals surface area contributed by atoms with Crippen LogP contribution in [0.2, 0.25) is 0 Å². The fraction of sp³-hybridized carbons (Fsp3) is 1.00. The van der Waals surface area contributed by atoms with Crippen LogP contribution in [0.25, 0.3) is 0 Å². The van der Waals surface area contributed by atoms with E-state index in [0.29, 0.717) is 0 Å². The molecule has 0 saturated carbocycles. The zero-order valence-corrected chi connectivity index (χ0v) is 12.0. The normalized spacial score (nSPS) is 25.4. The maximum Gasteiger partial charge on any atom is 0.00514 e. The van der Waals surface area contributed by atoms with Crippen molar-refractivity contribution in [1.82, 2.24) is 9.80 Å². The van der Waals surface area contributed by atoms with Gasteiger partial charge in [-0.25, -0.2) is 0 Å². The van der Waals surface area contributed by atoms with Crippen molar-refractivity contribution in [3.8, 4) is 0 Å². The van der Waals surface area contributed by atoms with Crippen LogP contribution in [0.3, 0.4) is 0 Å². The van der Waals surface area contributed by atoms with Crippen LogP contribution in [0.4, 0.5) is 0 Å². The van der Waals surface area contributed by atoms with Crippen LogP contribution >= 0.6 is 0 Å². The molecule has 0 aromatic carbocycles. The van der Waals surface area contributed by atoms with Gasteiger partial charge in [-0.15, -0.1) is 0 Å². The Balaban J connectivity index is 1.65. The third-order valence-electron chi connectivity index (χ3n) is 4.60. The molecule has 0 N–H and O–H groups in total. The Morgan fingerprint density at radius 3 is 2.18 bits per heavy atom. The lowest BCUT2D eigenvalue weighted by molar-refractivity contribution is -0.0477. The maximum atomic E-state index is 2.68. The SMILES string of the molecule is CCCN1CCC2(CC1)CN(CCC(C)C)C2. The number of piperidine rings is 1. The number of hydrogen-bond acceptors (Lipinski definition) is 2. The van der Waals surface area contributed by atoms with Gasteiger partial charge in [0.25, 0.3) is 0 Å². The molecule has 0 radical (unpaired) electrons. The van der Waals surface area contributed by atoms with E-state index in [4.69, 9.17) is 0 Å². The molecule has 2 nitrogen and oxygen atoms in total. The van der Waals surface area contributed by atoms with E-state index in [2.05, 4.69) is 30.6 Å². The summed E-state index contributed by atoms with van der Waals surface area (Å²) in [5, 5.41) is 0. The van der Waals surface area contributed by atoms with Crippen molar-refractivity contribution in [2.45, 2.75) is 46.5 Å². The standard InChI is InChI=1S/C15H30N2/c1-4-8-16-10-6-15(7-11-16)12-17(13-15)9-5-14(2)3/h14H,4-13H2,1-3H3. The molecule has 1 spiro atoms. The van der Waals surface area contributed by atoms with Gasteiger partial charge < -0.3 is 9.80 Å². The molecule has 2 aliphatic rings. The fourth-order valence-electron chi connectivity index (χ4n) is 3.38. The third kappa shape index (κ3) is 3.45. The van der Waals surface area contributed by atoms with Gasteiger partial charge in [0, 0.05) is 13.1 Å². The first-order chi connectivity index (χ1) is 8.13. The molecule has 2 heterocycles. The molecule has 0 unspecified atom stereocenters. The topological polar surface area (TPSA) is 6.48 Å². The lowest BCUT2D eigenvalue weighted by atomic mass is 9.72. The second-order valence-electron chi connectivity index (χ2n) is 6.73. The molecule has 0 amide bonds. The van der Waals surface area contributed by atoms with E-state index in [0.717, 1.165) is 11.3 Å². The molecule has 2 heteroatoms. The van der Waals surface area contributed by atoms with E-state index < -0.39 is 0 Å². The molecule has 0 bridgehead atoms. The summed E-state index contributed by atoms with van der Waals surface area (Å²) in [6, 6.07) is 0. The molecule has 0 aromatic rings. The zero-order valence-electron chi connectivity index (χ0n) is 12.0. The Hall–Kier alpha value is -0.0800. The summed E-state index contributed by atoms with van der Waals surface area (Å²) >= 11 is 0. The van der Waals surface area contributed by atoms with Gasteiger partial charge >= 0.3 is 0 Å². The van der Waals surface area contributed by atoms with Crippen molar-refractivity contribution in [2.24, 2.45) is 11.3 Å². The minimum Gasteiger partial charge on any atom is -0.303 e. The van der Waals surface area contributed by atoms with Gasteiger partial charge in [0.15, 0.2) is 0 Å². The highest BCUT2D eigenvalue weighted by Crippen LogP contribution is 2.40. The molecular weight excluding hydrogens is 208 g/mol. The van der Waals surface area contributed by atoms with E-state index >= 15 is 0 Å². The Kier molecular flexibility index (Phi) is 4.48. The van der Waals surface area contributed by atoms with Crippen LogP contribution in [-0.2, 0) is 0 Å². The highest BCUT2D eigenvalue weighted by molar-refractivity contribution is 4.98. The van der Waals surface area contributed by atoms with Gasteiger partial charge in [0.2, 0.25) is 0 Å². The van der Waals surface area contributed by atoms with Gasteiger partial charge in [-0.3, -0.25) is 0 Å². The predicted octanol–water partition coefficient (Wildman–Crippen LogP) is 2.84. The maximum absolute atomic E-state index is 2.68. The fourth-order valence-corrected chi connectivity index (χ4v) is 3.38. The Morgan fingerprint density at radius 1 is 1.00 bits per heavy atom. The third-order valence-corrected chi connectivity index (χ3v) is 4.60. The van der Waals surface area contributed by atoms with Crippen molar-refractivity contribution in [2.75, 3.05) is 39.3 Å². The van der Waals surface area contributed by atoms with E-state index in [9.17, 15) is 0 Å². The molecule has 100 valence electrons. The van der Waals surface area contributed by atoms with Gasteiger partial charge in [-0.05, 0) is 63.2 Å². The minimum absolute atomic E-state index is 0.723. The number of likely N-dealkylation sites (tertiary alicyclic amines) is 2. The van der Waals surface area contributed by atoms with Crippen LogP contribution < -0.4 is 0 Å². The average molecular weight is 238 g/mol. The van der Waals surface area contributed by atoms with Crippen LogP contribution in [0.5, 0.6) is 0 Å². The summed E-state index contributed by atoms with van der Waals surface area (Å²) in [4.78, 5) is 5.33. The number of nitrogens with zero attached hydrogens (tertiary/aromatic N) is 2. The molecule has 17 heavy (non-hydrogen) atoms. The van der Waals surface area contributed by atoms with Crippen LogP contribution in [0.1, 0.15) is 46.5 Å². The molecule has 2 saturated heterocycles. The molecule has 2 rings (SSSR count). The van der Waals surface area contributed by atoms with E-state index in [1.165, 1.54) is 65.0 Å². The van der Waals surface area contributed by atoms with Crippen molar-refractivity contribution >= 4 is 0 Å². The monoisotopic (exact) mass is 238 g/mol. The summed E-state index contributed by atoms with van der Waals surface area (Å²) in [5.41, 5.74) is 0.723. The van der Waals surface area contributed by atoms with Gasteiger partial charge in [0.05, 0.1) is 0 Å². The zero-order chi connectivity index (χ0) is 12.3. The lowest BCUT2D eigenvalue weighted by Gasteiger charge is -2.54. The first kappa shape index (κ1) is 13.4. The quantitative estimate of drug-likeness (QED) is 0.727. The molecule has 0 aliphatic carbocycles. The molecule has 2 aliphatic heterocycles. The summed E-state index contributed by atoms with van der Waals surface area (Å²) in [6.07, 6.45) is 5.59. The van der Waals surface area contributed by atoms with Gasteiger partial charge in [-0.2, -0.15) is 0 Å².